The van der Waals surface area contributed by atoms with Gasteiger partial charge >= 0.3 is 5.97 Å². The second kappa shape index (κ2) is 8.96. The van der Waals surface area contributed by atoms with E-state index in [4.69, 9.17) is 4.74 Å². The number of halogens is 2. The lowest BCUT2D eigenvalue weighted by atomic mass is 9.82. The molecule has 26 heavy (non-hydrogen) atoms. The van der Waals surface area contributed by atoms with Crippen LogP contribution >= 0.6 is 0 Å². The molecule has 0 heterocycles. The van der Waals surface area contributed by atoms with Crippen LogP contribution in [-0.4, -0.2) is 12.1 Å². The van der Waals surface area contributed by atoms with Crippen molar-refractivity contribution >= 4 is 5.97 Å². The lowest BCUT2D eigenvalue weighted by molar-refractivity contribution is -0.157. The molecule has 0 saturated heterocycles. The van der Waals surface area contributed by atoms with Crippen molar-refractivity contribution in [2.24, 2.45) is 17.8 Å². The molecule has 144 valence electrons. The van der Waals surface area contributed by atoms with Gasteiger partial charge in [-0.05, 0) is 93.7 Å². The molecule has 2 saturated carbocycles. The van der Waals surface area contributed by atoms with Crippen LogP contribution in [0.25, 0.3) is 0 Å². The monoisotopic (exact) mass is 364 g/mol. The highest BCUT2D eigenvalue weighted by Crippen LogP contribution is 2.33. The van der Waals surface area contributed by atoms with Gasteiger partial charge in [-0.1, -0.05) is 6.92 Å². The zero-order chi connectivity index (χ0) is 18.5. The molecule has 2 aliphatic rings. The summed E-state index contributed by atoms with van der Waals surface area (Å²) in [6, 6.07) is 3.75. The molecule has 0 radical (unpaired) electrons. The van der Waals surface area contributed by atoms with Crippen LogP contribution < -0.4 is 0 Å². The fraction of sp³-hybridized carbons (Fsp3) is 0.682. The summed E-state index contributed by atoms with van der Waals surface area (Å²) in [5, 5.41) is 0. The van der Waals surface area contributed by atoms with Gasteiger partial charge in [0.25, 0.3) is 0 Å². The Kier molecular flexibility index (Phi) is 6.66. The molecule has 0 atom stereocenters. The van der Waals surface area contributed by atoms with E-state index in [1.54, 1.807) is 0 Å². The molecule has 0 aromatic heterocycles. The van der Waals surface area contributed by atoms with E-state index in [-0.39, 0.29) is 18.0 Å². The van der Waals surface area contributed by atoms with E-state index in [1.807, 2.05) is 0 Å². The van der Waals surface area contributed by atoms with Gasteiger partial charge in [-0.15, -0.1) is 0 Å². The largest absolute Gasteiger partial charge is 0.462 e. The van der Waals surface area contributed by atoms with Crippen molar-refractivity contribution in [3.63, 3.8) is 0 Å². The Morgan fingerprint density at radius 2 is 1.58 bits per heavy atom. The summed E-state index contributed by atoms with van der Waals surface area (Å²) in [5.41, 5.74) is 0.725. The standard InChI is InChI=1S/C22H30F2O2/c1-15-2-8-18(9-3-15)22(25)26-21-10-6-16(7-11-21)4-5-17-12-19(23)14-20(24)13-17/h12-16,18,21H,2-11H2,1H3. The SMILES string of the molecule is CC1CCC(C(=O)OC2CCC(CCc3cc(F)cc(F)c3)CC2)CC1. The molecule has 2 nitrogen and oxygen atoms in total. The average molecular weight is 364 g/mol. The summed E-state index contributed by atoms with van der Waals surface area (Å²) < 4.78 is 32.3. The maximum atomic E-state index is 13.3. The normalized spacial score (nSPS) is 29.3. The number of carbonyl (C=O) groups is 1. The Morgan fingerprint density at radius 3 is 2.19 bits per heavy atom. The van der Waals surface area contributed by atoms with Gasteiger partial charge in [0.15, 0.2) is 0 Å². The molecule has 0 unspecified atom stereocenters. The van der Waals surface area contributed by atoms with Crippen molar-refractivity contribution in [2.75, 3.05) is 0 Å². The molecule has 0 spiro atoms. The van der Waals surface area contributed by atoms with Crippen molar-refractivity contribution in [3.8, 4) is 0 Å². The minimum Gasteiger partial charge on any atom is -0.462 e. The first-order chi connectivity index (χ1) is 12.5. The minimum absolute atomic E-state index is 0.00980. The van der Waals surface area contributed by atoms with Gasteiger partial charge in [0.2, 0.25) is 0 Å². The number of aryl methyl sites for hydroxylation is 1. The smallest absolute Gasteiger partial charge is 0.309 e. The van der Waals surface area contributed by atoms with Gasteiger partial charge in [0.1, 0.15) is 17.7 Å². The molecule has 1 aromatic carbocycles. The van der Waals surface area contributed by atoms with Crippen LogP contribution in [0.2, 0.25) is 0 Å². The number of hydrogen-bond acceptors (Lipinski definition) is 2. The van der Waals surface area contributed by atoms with Crippen LogP contribution in [0, 0.1) is 29.4 Å². The summed E-state index contributed by atoms with van der Waals surface area (Å²) in [6.45, 7) is 2.25. The maximum absolute atomic E-state index is 13.3. The fourth-order valence-electron chi connectivity index (χ4n) is 4.42. The number of carbonyl (C=O) groups excluding carboxylic acids is 1. The molecule has 0 bridgehead atoms. The molecular formula is C22H30F2O2. The van der Waals surface area contributed by atoms with Crippen LogP contribution in [0.15, 0.2) is 18.2 Å². The lowest BCUT2D eigenvalue weighted by Gasteiger charge is -2.31. The van der Waals surface area contributed by atoms with Gasteiger partial charge in [-0.2, -0.15) is 0 Å². The van der Waals surface area contributed by atoms with E-state index in [1.165, 1.54) is 12.1 Å². The molecule has 2 fully saturated rings. The van der Waals surface area contributed by atoms with Gasteiger partial charge in [0.05, 0.1) is 5.92 Å². The Bertz CT molecular complexity index is 580. The lowest BCUT2D eigenvalue weighted by Crippen LogP contribution is -2.30. The first-order valence-electron chi connectivity index (χ1n) is 10.1. The quantitative estimate of drug-likeness (QED) is 0.615. The van der Waals surface area contributed by atoms with Crippen LogP contribution in [0.3, 0.4) is 0 Å². The molecular weight excluding hydrogens is 334 g/mol. The minimum atomic E-state index is -0.507. The summed E-state index contributed by atoms with van der Waals surface area (Å²) in [7, 11) is 0. The van der Waals surface area contributed by atoms with E-state index >= 15 is 0 Å². The molecule has 0 aliphatic heterocycles. The second-order valence-electron chi connectivity index (χ2n) is 8.35. The highest BCUT2D eigenvalue weighted by molar-refractivity contribution is 5.72. The molecule has 1 aromatic rings. The number of benzene rings is 1. The Hall–Kier alpha value is -1.45. The van der Waals surface area contributed by atoms with E-state index in [0.717, 1.165) is 75.3 Å². The topological polar surface area (TPSA) is 26.3 Å². The molecule has 0 N–H and O–H groups in total. The highest BCUT2D eigenvalue weighted by Gasteiger charge is 2.29. The van der Waals surface area contributed by atoms with Gasteiger partial charge in [0, 0.05) is 6.07 Å². The number of rotatable bonds is 5. The van der Waals surface area contributed by atoms with Crippen molar-refractivity contribution in [2.45, 2.75) is 77.2 Å². The zero-order valence-electron chi connectivity index (χ0n) is 15.7. The molecule has 2 aliphatic carbocycles. The van der Waals surface area contributed by atoms with Crippen LogP contribution in [0.1, 0.15) is 70.3 Å². The van der Waals surface area contributed by atoms with Crippen molar-refractivity contribution in [1.29, 1.82) is 0 Å². The average Bonchev–Trinajstić information content (AvgIpc) is 2.61. The van der Waals surface area contributed by atoms with Gasteiger partial charge in [-0.25, -0.2) is 8.78 Å². The fourth-order valence-corrected chi connectivity index (χ4v) is 4.42. The highest BCUT2D eigenvalue weighted by atomic mass is 19.1. The Morgan fingerprint density at radius 1 is 0.962 bits per heavy atom. The molecule has 0 amide bonds. The first-order valence-corrected chi connectivity index (χ1v) is 10.1. The Labute approximate surface area is 155 Å². The summed E-state index contributed by atoms with van der Waals surface area (Å²) in [5.74, 6) is 0.385. The second-order valence-corrected chi connectivity index (χ2v) is 8.35. The van der Waals surface area contributed by atoms with Gasteiger partial charge in [-0.3, -0.25) is 4.79 Å². The van der Waals surface area contributed by atoms with Crippen molar-refractivity contribution in [3.05, 3.63) is 35.4 Å². The Balaban J connectivity index is 1.38. The third-order valence-corrected chi connectivity index (χ3v) is 6.19. The van der Waals surface area contributed by atoms with Gasteiger partial charge < -0.3 is 4.74 Å². The first kappa shape index (κ1) is 19.3. The number of ether oxygens (including phenoxy) is 1. The number of hydrogen-bond donors (Lipinski definition) is 0. The summed E-state index contributed by atoms with van der Waals surface area (Å²) >= 11 is 0. The zero-order valence-corrected chi connectivity index (χ0v) is 15.7. The molecule has 3 rings (SSSR count). The van der Waals surface area contributed by atoms with Crippen LogP contribution in [-0.2, 0) is 16.0 Å². The summed E-state index contributed by atoms with van der Waals surface area (Å²) in [4.78, 5) is 12.3. The van der Waals surface area contributed by atoms with Crippen LogP contribution in [0.4, 0.5) is 8.78 Å². The number of esters is 1. The summed E-state index contributed by atoms with van der Waals surface area (Å²) in [6.07, 6.45) is 9.78. The van der Waals surface area contributed by atoms with E-state index in [9.17, 15) is 13.6 Å². The van der Waals surface area contributed by atoms with Crippen molar-refractivity contribution < 1.29 is 18.3 Å². The molecule has 4 heteroatoms. The third-order valence-electron chi connectivity index (χ3n) is 6.19. The van der Waals surface area contributed by atoms with E-state index < -0.39 is 11.6 Å². The predicted molar refractivity (Wildman–Crippen MR) is 97.6 cm³/mol. The van der Waals surface area contributed by atoms with E-state index in [2.05, 4.69) is 6.92 Å². The third kappa shape index (κ3) is 5.52. The van der Waals surface area contributed by atoms with E-state index in [0.29, 0.717) is 12.3 Å². The van der Waals surface area contributed by atoms with Crippen molar-refractivity contribution in [1.82, 2.24) is 0 Å². The predicted octanol–water partition coefficient (Wildman–Crippen LogP) is 5.83. The maximum Gasteiger partial charge on any atom is 0.309 e. The van der Waals surface area contributed by atoms with Crippen LogP contribution in [0.5, 0.6) is 0 Å².